The van der Waals surface area contributed by atoms with Gasteiger partial charge >= 0.3 is 5.97 Å². The number of carbonyl (C=O) groups excluding carboxylic acids is 2. The van der Waals surface area contributed by atoms with E-state index in [4.69, 9.17) is 23.7 Å². The number of phenolic OH excluding ortho intramolecular Hbond substituents is 2. The molecule has 0 bridgehead atoms. The van der Waals surface area contributed by atoms with Crippen molar-refractivity contribution in [2.24, 2.45) is 0 Å². The lowest BCUT2D eigenvalue weighted by molar-refractivity contribution is -0.232. The summed E-state index contributed by atoms with van der Waals surface area (Å²) in [5.74, 6) is -5.17. The van der Waals surface area contributed by atoms with E-state index in [2.05, 4.69) is 0 Å². The number of aliphatic hydroxyl groups is 8. The number of methoxy groups -OCH3 is 2. The molecule has 0 radical (unpaired) electrons. The first-order valence-corrected chi connectivity index (χ1v) is 14.0. The summed E-state index contributed by atoms with van der Waals surface area (Å²) >= 11 is 0. The molecule has 252 valence electrons. The summed E-state index contributed by atoms with van der Waals surface area (Å²) in [6.07, 6.45) is -17.2. The van der Waals surface area contributed by atoms with Crippen LogP contribution in [0.15, 0.2) is 12.1 Å². The minimum absolute atomic E-state index is 0.208. The summed E-state index contributed by atoms with van der Waals surface area (Å²) in [6, 6.07) is 2.13. The van der Waals surface area contributed by atoms with Gasteiger partial charge in [0.15, 0.2) is 28.8 Å². The summed E-state index contributed by atoms with van der Waals surface area (Å²) in [5.41, 5.74) is -1.57. The van der Waals surface area contributed by atoms with E-state index in [1.807, 2.05) is 0 Å². The molecule has 10 N–H and O–H groups in total. The maximum atomic E-state index is 13.7. The van der Waals surface area contributed by atoms with Gasteiger partial charge in [-0.1, -0.05) is 0 Å². The van der Waals surface area contributed by atoms with Crippen LogP contribution in [-0.4, -0.2) is 139 Å². The predicted octanol–water partition coefficient (Wildman–Crippen LogP) is -2.90. The van der Waals surface area contributed by atoms with Gasteiger partial charge in [-0.15, -0.1) is 0 Å². The first kappa shape index (κ1) is 33.7. The normalized spacial score (nSPS) is 32.9. The molecule has 0 aromatic heterocycles. The molecule has 0 amide bonds. The van der Waals surface area contributed by atoms with Gasteiger partial charge in [-0.2, -0.15) is 0 Å². The maximum Gasteiger partial charge on any atom is 0.344 e. The molecule has 5 rings (SSSR count). The lowest BCUT2D eigenvalue weighted by Gasteiger charge is -2.41. The van der Waals surface area contributed by atoms with Crippen molar-refractivity contribution < 1.29 is 84.3 Å². The van der Waals surface area contributed by atoms with Crippen molar-refractivity contribution >= 4 is 11.8 Å². The second-order valence-corrected chi connectivity index (χ2v) is 11.1. The first-order valence-electron chi connectivity index (χ1n) is 14.0. The fraction of sp³-hybridized carbons (Fsp3) is 0.517. The molecule has 3 aliphatic heterocycles. The molecule has 3 heterocycles. The quantitative estimate of drug-likeness (QED) is 0.110. The molecule has 17 nitrogen and oxygen atoms in total. The van der Waals surface area contributed by atoms with Crippen molar-refractivity contribution in [3.63, 3.8) is 0 Å². The molecular weight excluding hydrogens is 620 g/mol. The van der Waals surface area contributed by atoms with E-state index in [9.17, 15) is 60.7 Å². The lowest BCUT2D eigenvalue weighted by Crippen LogP contribution is -2.55. The van der Waals surface area contributed by atoms with E-state index in [0.29, 0.717) is 0 Å². The van der Waals surface area contributed by atoms with E-state index >= 15 is 0 Å². The SMILES string of the molecule is COc1c([C@@H]2O[C@H](CO)[C@@H](O)[C@H](O)[C@H]2O)cc2c(c1O)CC(=O)c1cc([C@@H]3O[C@H](CO)[C@@H](O)[C@H](O)[C@H]3O)c(OC)c(O)c1OC2=O. The molecular formula is C29H34O17. The van der Waals surface area contributed by atoms with Crippen LogP contribution in [0.25, 0.3) is 0 Å². The molecule has 0 spiro atoms. The largest absolute Gasteiger partial charge is 0.504 e. The van der Waals surface area contributed by atoms with Crippen molar-refractivity contribution in [1.29, 1.82) is 0 Å². The van der Waals surface area contributed by atoms with Crippen molar-refractivity contribution in [2.75, 3.05) is 27.4 Å². The first-order chi connectivity index (χ1) is 21.8. The number of fused-ring (bicyclic) bond motifs is 2. The van der Waals surface area contributed by atoms with Gasteiger partial charge in [-0.25, -0.2) is 4.79 Å². The van der Waals surface area contributed by atoms with Gasteiger partial charge in [0, 0.05) is 23.1 Å². The summed E-state index contributed by atoms with van der Waals surface area (Å²) in [6.45, 7) is -1.53. The summed E-state index contributed by atoms with van der Waals surface area (Å²) < 4.78 is 27.2. The Hall–Kier alpha value is -3.62. The van der Waals surface area contributed by atoms with Gasteiger partial charge in [-0.3, -0.25) is 4.79 Å². The van der Waals surface area contributed by atoms with Gasteiger partial charge in [0.05, 0.1) is 38.6 Å². The molecule has 2 aromatic rings. The molecule has 17 heteroatoms. The van der Waals surface area contributed by atoms with Gasteiger partial charge < -0.3 is 74.7 Å². The molecule has 2 saturated heterocycles. The number of phenols is 2. The number of esters is 1. The van der Waals surface area contributed by atoms with Crippen molar-refractivity contribution in [3.05, 3.63) is 39.9 Å². The van der Waals surface area contributed by atoms with E-state index in [-0.39, 0.29) is 22.4 Å². The number of ketones is 1. The lowest BCUT2D eigenvalue weighted by atomic mass is 9.86. The number of hydrogen-bond donors (Lipinski definition) is 10. The molecule has 0 aliphatic carbocycles. The number of hydrogen-bond acceptors (Lipinski definition) is 17. The van der Waals surface area contributed by atoms with Crippen LogP contribution in [0, 0.1) is 0 Å². The second-order valence-electron chi connectivity index (χ2n) is 11.1. The molecule has 0 saturated carbocycles. The Morgan fingerprint density at radius 1 is 0.696 bits per heavy atom. The zero-order valence-corrected chi connectivity index (χ0v) is 24.4. The molecule has 2 fully saturated rings. The Bertz CT molecular complexity index is 1390. The van der Waals surface area contributed by atoms with Gasteiger partial charge in [0.25, 0.3) is 0 Å². The third-order valence-electron chi connectivity index (χ3n) is 8.48. The minimum Gasteiger partial charge on any atom is -0.504 e. The van der Waals surface area contributed by atoms with Crippen LogP contribution in [0.5, 0.6) is 28.7 Å². The molecule has 2 aromatic carbocycles. The molecule has 46 heavy (non-hydrogen) atoms. The fourth-order valence-corrected chi connectivity index (χ4v) is 6.01. The molecule has 3 aliphatic rings. The predicted molar refractivity (Wildman–Crippen MR) is 148 cm³/mol. The van der Waals surface area contributed by atoms with Crippen molar-refractivity contribution in [3.8, 4) is 28.7 Å². The highest BCUT2D eigenvalue weighted by molar-refractivity contribution is 6.07. The Labute approximate surface area is 260 Å². The average molecular weight is 655 g/mol. The minimum atomic E-state index is -1.83. The number of benzene rings is 2. The van der Waals surface area contributed by atoms with Gasteiger partial charge in [-0.05, 0) is 12.1 Å². The van der Waals surface area contributed by atoms with Crippen LogP contribution >= 0.6 is 0 Å². The van der Waals surface area contributed by atoms with E-state index in [0.717, 1.165) is 26.4 Å². The van der Waals surface area contributed by atoms with Crippen LogP contribution < -0.4 is 14.2 Å². The van der Waals surface area contributed by atoms with Gasteiger partial charge in [0.2, 0.25) is 5.75 Å². The topological polar surface area (TPSA) is 283 Å². The zero-order chi connectivity index (χ0) is 33.8. The number of carbonyl (C=O) groups is 2. The highest BCUT2D eigenvalue weighted by Crippen LogP contribution is 2.50. The number of ether oxygens (including phenoxy) is 5. The third-order valence-corrected chi connectivity index (χ3v) is 8.48. The monoisotopic (exact) mass is 654 g/mol. The van der Waals surface area contributed by atoms with Gasteiger partial charge in [0.1, 0.15) is 61.0 Å². The van der Waals surface area contributed by atoms with Crippen LogP contribution in [0.2, 0.25) is 0 Å². The summed E-state index contributed by atoms with van der Waals surface area (Å²) in [5, 5.41) is 104. The second kappa shape index (κ2) is 12.9. The van der Waals surface area contributed by atoms with E-state index in [1.165, 1.54) is 0 Å². The maximum absolute atomic E-state index is 13.7. The van der Waals surface area contributed by atoms with E-state index in [1.54, 1.807) is 0 Å². The number of aliphatic hydroxyl groups excluding tert-OH is 8. The van der Waals surface area contributed by atoms with Crippen molar-refractivity contribution in [2.45, 2.75) is 67.5 Å². The smallest absolute Gasteiger partial charge is 0.344 e. The Balaban J connectivity index is 1.62. The van der Waals surface area contributed by atoms with Crippen molar-refractivity contribution in [1.82, 2.24) is 0 Å². The van der Waals surface area contributed by atoms with Crippen LogP contribution in [0.3, 0.4) is 0 Å². The summed E-state index contributed by atoms with van der Waals surface area (Å²) in [7, 11) is 2.23. The fourth-order valence-electron chi connectivity index (χ4n) is 6.01. The Morgan fingerprint density at radius 2 is 1.15 bits per heavy atom. The highest BCUT2D eigenvalue weighted by Gasteiger charge is 2.48. The van der Waals surface area contributed by atoms with E-state index < -0.39 is 127 Å². The Kier molecular flexibility index (Phi) is 9.45. The number of Topliss-reactive ketones (excluding diaryl/α,β-unsaturated/α-hetero) is 1. The zero-order valence-electron chi connectivity index (χ0n) is 24.4. The van der Waals surface area contributed by atoms with Crippen LogP contribution in [0.4, 0.5) is 0 Å². The van der Waals surface area contributed by atoms with Crippen LogP contribution in [-0.2, 0) is 15.9 Å². The third kappa shape index (κ3) is 5.33. The molecule has 0 unspecified atom stereocenters. The average Bonchev–Trinajstić information content (AvgIpc) is 3.03. The van der Waals surface area contributed by atoms with Crippen LogP contribution in [0.1, 0.15) is 49.6 Å². The molecule has 10 atom stereocenters. The summed E-state index contributed by atoms with van der Waals surface area (Å²) in [4.78, 5) is 27.3. The standard InChI is InChI=1S/C29H34O17/c1-42-24-11(27-21(38)19(36)17(34)14(6-30)44-27)3-9-8(16(24)33)5-13(32)10-4-12(25(43-2)23(40)26(10)46-29(9)41)28-22(39)20(37)18(35)15(7-31)45-28/h3-4,14-15,17-22,27-28,30-31,33-40H,5-7H2,1-2H3/t14-,15-,17-,18-,19+,20+,21-,22-,27+,28+/m1/s1. The Morgan fingerprint density at radius 3 is 1.61 bits per heavy atom. The highest BCUT2D eigenvalue weighted by atomic mass is 16.6. The number of aromatic hydroxyl groups is 2. The number of rotatable bonds is 6.